The van der Waals surface area contributed by atoms with E-state index in [1.54, 1.807) is 0 Å². The lowest BCUT2D eigenvalue weighted by molar-refractivity contribution is -0.141. The highest BCUT2D eigenvalue weighted by Crippen LogP contribution is 2.23. The Bertz CT molecular complexity index is 253. The van der Waals surface area contributed by atoms with Crippen molar-refractivity contribution >= 4 is 11.9 Å². The number of esters is 1. The predicted octanol–water partition coefficient (Wildman–Crippen LogP) is 1.73. The Kier molecular flexibility index (Phi) is 5.29. The molecule has 4 heteroatoms. The third-order valence-electron chi connectivity index (χ3n) is 3.11. The zero-order valence-electron chi connectivity index (χ0n) is 10.2. The quantitative estimate of drug-likeness (QED) is 0.649. The predicted molar refractivity (Wildman–Crippen MR) is 60.9 cm³/mol. The smallest absolute Gasteiger partial charge is 0.305 e. The van der Waals surface area contributed by atoms with Crippen LogP contribution in [0.3, 0.4) is 0 Å². The number of hydrogen-bond donors (Lipinski definition) is 0. The first-order valence-electron chi connectivity index (χ1n) is 6.05. The van der Waals surface area contributed by atoms with Gasteiger partial charge in [0.25, 0.3) is 0 Å². The molecule has 0 aliphatic carbocycles. The van der Waals surface area contributed by atoms with Crippen LogP contribution in [-0.4, -0.2) is 36.5 Å². The van der Waals surface area contributed by atoms with Crippen molar-refractivity contribution in [2.45, 2.75) is 51.5 Å². The average molecular weight is 227 g/mol. The minimum atomic E-state index is -0.185. The maximum Gasteiger partial charge on any atom is 0.305 e. The van der Waals surface area contributed by atoms with Crippen LogP contribution in [0.4, 0.5) is 0 Å². The minimum Gasteiger partial charge on any atom is -0.469 e. The summed E-state index contributed by atoms with van der Waals surface area (Å²) >= 11 is 0. The van der Waals surface area contributed by atoms with Crippen LogP contribution in [0.25, 0.3) is 0 Å². The van der Waals surface area contributed by atoms with E-state index in [0.717, 1.165) is 32.2 Å². The topological polar surface area (TPSA) is 46.6 Å². The Morgan fingerprint density at radius 3 is 2.94 bits per heavy atom. The van der Waals surface area contributed by atoms with Crippen LogP contribution >= 0.6 is 0 Å². The van der Waals surface area contributed by atoms with Crippen molar-refractivity contribution in [2.75, 3.05) is 13.7 Å². The number of likely N-dealkylation sites (tertiary alicyclic amines) is 1. The zero-order chi connectivity index (χ0) is 12.0. The van der Waals surface area contributed by atoms with Crippen molar-refractivity contribution in [3.05, 3.63) is 0 Å². The van der Waals surface area contributed by atoms with E-state index in [-0.39, 0.29) is 17.9 Å². The van der Waals surface area contributed by atoms with Gasteiger partial charge in [-0.05, 0) is 19.3 Å². The summed E-state index contributed by atoms with van der Waals surface area (Å²) in [6.45, 7) is 2.95. The maximum atomic E-state index is 11.6. The second kappa shape index (κ2) is 6.51. The lowest BCUT2D eigenvalue weighted by Crippen LogP contribution is -2.34. The molecule has 0 unspecified atom stereocenters. The Labute approximate surface area is 96.9 Å². The average Bonchev–Trinajstić information content (AvgIpc) is 2.64. The number of carbonyl (C=O) groups excluding carboxylic acids is 2. The fourth-order valence-corrected chi connectivity index (χ4v) is 2.12. The molecule has 0 radical (unpaired) electrons. The zero-order valence-corrected chi connectivity index (χ0v) is 10.2. The van der Waals surface area contributed by atoms with Crippen molar-refractivity contribution in [2.24, 2.45) is 0 Å². The van der Waals surface area contributed by atoms with Gasteiger partial charge >= 0.3 is 5.97 Å². The third kappa shape index (κ3) is 3.51. The van der Waals surface area contributed by atoms with Crippen LogP contribution < -0.4 is 0 Å². The largest absolute Gasteiger partial charge is 0.469 e. The van der Waals surface area contributed by atoms with E-state index >= 15 is 0 Å². The lowest BCUT2D eigenvalue weighted by atomic mass is 10.1. The van der Waals surface area contributed by atoms with Gasteiger partial charge in [0.1, 0.15) is 0 Å². The molecule has 1 atom stereocenters. The van der Waals surface area contributed by atoms with E-state index in [2.05, 4.69) is 11.7 Å². The molecule has 1 aliphatic heterocycles. The molecule has 0 spiro atoms. The summed E-state index contributed by atoms with van der Waals surface area (Å²) in [4.78, 5) is 24.6. The van der Waals surface area contributed by atoms with Gasteiger partial charge in [-0.25, -0.2) is 0 Å². The van der Waals surface area contributed by atoms with Gasteiger partial charge in [0.15, 0.2) is 0 Å². The van der Waals surface area contributed by atoms with Crippen molar-refractivity contribution in [3.8, 4) is 0 Å². The lowest BCUT2D eigenvalue weighted by Gasteiger charge is -2.24. The second-order valence-corrected chi connectivity index (χ2v) is 4.25. The Morgan fingerprint density at radius 2 is 2.31 bits per heavy atom. The standard InChI is InChI=1S/C12H21NO3/c1-3-4-9-13-10(5-7-11(13)14)6-8-12(15)16-2/h10H,3-9H2,1-2H3/t10-/m0/s1. The van der Waals surface area contributed by atoms with Crippen LogP contribution in [0, 0.1) is 0 Å². The summed E-state index contributed by atoms with van der Waals surface area (Å²) in [5, 5.41) is 0. The number of methoxy groups -OCH3 is 1. The summed E-state index contributed by atoms with van der Waals surface area (Å²) in [6.07, 6.45) is 4.81. The fourth-order valence-electron chi connectivity index (χ4n) is 2.12. The first-order chi connectivity index (χ1) is 7.69. The molecule has 0 aromatic rings. The number of nitrogens with zero attached hydrogens (tertiary/aromatic N) is 1. The monoisotopic (exact) mass is 227 g/mol. The highest BCUT2D eigenvalue weighted by Gasteiger charge is 2.30. The van der Waals surface area contributed by atoms with Crippen molar-refractivity contribution in [1.82, 2.24) is 4.90 Å². The first-order valence-corrected chi connectivity index (χ1v) is 6.05. The molecule has 1 aliphatic rings. The number of carbonyl (C=O) groups is 2. The van der Waals surface area contributed by atoms with Gasteiger partial charge in [-0.1, -0.05) is 13.3 Å². The highest BCUT2D eigenvalue weighted by atomic mass is 16.5. The summed E-state index contributed by atoms with van der Waals surface area (Å²) < 4.78 is 4.61. The third-order valence-corrected chi connectivity index (χ3v) is 3.11. The maximum absolute atomic E-state index is 11.6. The van der Waals surface area contributed by atoms with Gasteiger partial charge in [-0.2, -0.15) is 0 Å². The van der Waals surface area contributed by atoms with E-state index in [1.807, 2.05) is 4.90 Å². The van der Waals surface area contributed by atoms with E-state index in [1.165, 1.54) is 7.11 Å². The summed E-state index contributed by atoms with van der Waals surface area (Å²) in [5.74, 6) is 0.0538. The number of hydrogen-bond acceptors (Lipinski definition) is 3. The van der Waals surface area contributed by atoms with E-state index in [4.69, 9.17) is 0 Å². The molecule has 4 nitrogen and oxygen atoms in total. The molecule has 0 aromatic heterocycles. The molecule has 1 saturated heterocycles. The van der Waals surface area contributed by atoms with E-state index in [9.17, 15) is 9.59 Å². The number of amides is 1. The molecule has 16 heavy (non-hydrogen) atoms. The normalized spacial score (nSPS) is 20.2. The van der Waals surface area contributed by atoms with Gasteiger partial charge < -0.3 is 9.64 Å². The molecule has 0 saturated carbocycles. The van der Waals surface area contributed by atoms with Crippen LogP contribution in [0.15, 0.2) is 0 Å². The van der Waals surface area contributed by atoms with Gasteiger partial charge in [0, 0.05) is 25.4 Å². The number of rotatable bonds is 6. The van der Waals surface area contributed by atoms with E-state index < -0.39 is 0 Å². The van der Waals surface area contributed by atoms with E-state index in [0.29, 0.717) is 12.8 Å². The fraction of sp³-hybridized carbons (Fsp3) is 0.833. The molecule has 92 valence electrons. The Morgan fingerprint density at radius 1 is 1.56 bits per heavy atom. The van der Waals surface area contributed by atoms with Crippen molar-refractivity contribution in [1.29, 1.82) is 0 Å². The molecule has 1 fully saturated rings. The van der Waals surface area contributed by atoms with Gasteiger partial charge in [0.05, 0.1) is 7.11 Å². The van der Waals surface area contributed by atoms with Crippen LogP contribution in [0.2, 0.25) is 0 Å². The van der Waals surface area contributed by atoms with Crippen molar-refractivity contribution < 1.29 is 14.3 Å². The summed E-state index contributed by atoms with van der Waals surface area (Å²) in [5.41, 5.74) is 0. The molecule has 1 rings (SSSR count). The van der Waals surface area contributed by atoms with Crippen molar-refractivity contribution in [3.63, 3.8) is 0 Å². The Balaban J connectivity index is 2.38. The summed E-state index contributed by atoms with van der Waals surface area (Å²) in [6, 6.07) is 0.248. The molecular formula is C12H21NO3. The molecule has 1 amide bonds. The van der Waals surface area contributed by atoms with Crippen LogP contribution in [0.1, 0.15) is 45.4 Å². The summed E-state index contributed by atoms with van der Waals surface area (Å²) in [7, 11) is 1.40. The molecule has 1 heterocycles. The number of unbranched alkanes of at least 4 members (excludes halogenated alkanes) is 1. The SMILES string of the molecule is CCCCN1C(=O)CC[C@H]1CCC(=O)OC. The molecule has 0 N–H and O–H groups in total. The first kappa shape index (κ1) is 13.0. The van der Waals surface area contributed by atoms with Gasteiger partial charge in [-0.3, -0.25) is 9.59 Å². The second-order valence-electron chi connectivity index (χ2n) is 4.25. The van der Waals surface area contributed by atoms with Crippen LogP contribution in [-0.2, 0) is 14.3 Å². The number of ether oxygens (including phenoxy) is 1. The van der Waals surface area contributed by atoms with Gasteiger partial charge in [-0.15, -0.1) is 0 Å². The molecular weight excluding hydrogens is 206 g/mol. The minimum absolute atomic E-state index is 0.185. The van der Waals surface area contributed by atoms with Crippen LogP contribution in [0.5, 0.6) is 0 Å². The van der Waals surface area contributed by atoms with Gasteiger partial charge in [0.2, 0.25) is 5.91 Å². The highest BCUT2D eigenvalue weighted by molar-refractivity contribution is 5.79. The Hall–Kier alpha value is -1.06. The molecule has 0 aromatic carbocycles. The molecule has 0 bridgehead atoms.